The van der Waals surface area contributed by atoms with E-state index in [0.29, 0.717) is 6.54 Å². The fraction of sp³-hybridized carbons (Fsp3) is 0.400. The molecule has 0 spiro atoms. The van der Waals surface area contributed by atoms with Crippen molar-refractivity contribution in [2.45, 2.75) is 20.1 Å². The Hall–Kier alpha value is -0.910. The van der Waals surface area contributed by atoms with E-state index in [1.165, 1.54) is 0 Å². The number of rotatable bonds is 5. The molecule has 0 aromatic heterocycles. The Morgan fingerprint density at radius 1 is 1.20 bits per heavy atom. The number of hydrogen-bond donors (Lipinski definition) is 2. The minimum Gasteiger partial charge on any atom is -0.392 e. The lowest BCUT2D eigenvalue weighted by atomic mass is 10.1. The molecule has 15 heavy (non-hydrogen) atoms. The molecule has 1 rings (SSSR count). The average molecular weight is 229 g/mol. The molecule has 5 heteroatoms. The molecule has 0 saturated carbocycles. The van der Waals surface area contributed by atoms with Crippen LogP contribution in [0, 0.1) is 0 Å². The lowest BCUT2D eigenvalue weighted by Gasteiger charge is -2.04. The Morgan fingerprint density at radius 2 is 1.73 bits per heavy atom. The first-order chi connectivity index (χ1) is 7.07. The fourth-order valence-corrected chi connectivity index (χ4v) is 1.65. The predicted molar refractivity (Wildman–Crippen MR) is 58.7 cm³/mol. The third kappa shape index (κ3) is 3.99. The van der Waals surface area contributed by atoms with E-state index in [0.717, 1.165) is 11.1 Å². The molecule has 4 nitrogen and oxygen atoms in total. The minimum atomic E-state index is -3.13. The molecule has 1 aromatic carbocycles. The maximum Gasteiger partial charge on any atom is 0.211 e. The summed E-state index contributed by atoms with van der Waals surface area (Å²) in [6.45, 7) is 1.89. The maximum atomic E-state index is 11.1. The van der Waals surface area contributed by atoms with Crippen LogP contribution in [0.3, 0.4) is 0 Å². The van der Waals surface area contributed by atoms with Crippen molar-refractivity contribution in [3.05, 3.63) is 35.4 Å². The molecule has 0 aliphatic heterocycles. The number of aliphatic hydroxyl groups excluding tert-OH is 1. The highest BCUT2D eigenvalue weighted by atomic mass is 32.2. The van der Waals surface area contributed by atoms with Gasteiger partial charge >= 0.3 is 0 Å². The van der Waals surface area contributed by atoms with Gasteiger partial charge in [-0.05, 0) is 18.1 Å². The van der Waals surface area contributed by atoms with E-state index in [4.69, 9.17) is 5.11 Å². The predicted octanol–water partition coefficient (Wildman–Crippen LogP) is 0.618. The van der Waals surface area contributed by atoms with Crippen LogP contribution < -0.4 is 4.72 Å². The zero-order chi connectivity index (χ0) is 11.3. The van der Waals surface area contributed by atoms with Crippen LogP contribution in [0.5, 0.6) is 0 Å². The summed E-state index contributed by atoms with van der Waals surface area (Å²) in [6.07, 6.45) is 0. The Morgan fingerprint density at radius 3 is 2.20 bits per heavy atom. The molecule has 0 fully saturated rings. The van der Waals surface area contributed by atoms with Crippen LogP contribution in [0.15, 0.2) is 24.3 Å². The molecule has 0 saturated heterocycles. The monoisotopic (exact) mass is 229 g/mol. The van der Waals surface area contributed by atoms with Crippen molar-refractivity contribution < 1.29 is 13.5 Å². The lowest BCUT2D eigenvalue weighted by Crippen LogP contribution is -2.24. The van der Waals surface area contributed by atoms with Crippen molar-refractivity contribution in [2.24, 2.45) is 0 Å². The molecule has 84 valence electrons. The average Bonchev–Trinajstić information content (AvgIpc) is 2.27. The summed E-state index contributed by atoms with van der Waals surface area (Å²) < 4.78 is 24.8. The summed E-state index contributed by atoms with van der Waals surface area (Å²) in [5, 5.41) is 8.81. The Bertz CT molecular complexity index is 397. The molecule has 0 unspecified atom stereocenters. The first-order valence-electron chi connectivity index (χ1n) is 4.73. The van der Waals surface area contributed by atoms with E-state index in [9.17, 15) is 8.42 Å². The normalized spacial score (nSPS) is 11.6. The second-order valence-corrected chi connectivity index (χ2v) is 5.29. The molecular weight excluding hydrogens is 214 g/mol. The SMILES string of the molecule is CCS(=O)(=O)NCc1ccc(CO)cc1. The molecule has 0 amide bonds. The standard InChI is InChI=1S/C10H15NO3S/c1-2-15(13,14)11-7-9-3-5-10(8-12)6-4-9/h3-6,11-12H,2,7-8H2,1H3. The highest BCUT2D eigenvalue weighted by Crippen LogP contribution is 2.04. The summed E-state index contributed by atoms with van der Waals surface area (Å²) in [7, 11) is -3.13. The lowest BCUT2D eigenvalue weighted by molar-refractivity contribution is 0.282. The molecular formula is C10H15NO3S. The van der Waals surface area contributed by atoms with Gasteiger partial charge in [-0.15, -0.1) is 0 Å². The van der Waals surface area contributed by atoms with Gasteiger partial charge in [-0.3, -0.25) is 0 Å². The third-order valence-electron chi connectivity index (χ3n) is 2.08. The topological polar surface area (TPSA) is 66.4 Å². The second-order valence-electron chi connectivity index (χ2n) is 3.20. The minimum absolute atomic E-state index is 0.000960. The maximum absolute atomic E-state index is 11.1. The number of benzene rings is 1. The molecule has 0 radical (unpaired) electrons. The molecule has 2 N–H and O–H groups in total. The number of aliphatic hydroxyl groups is 1. The van der Waals surface area contributed by atoms with Gasteiger partial charge < -0.3 is 5.11 Å². The van der Waals surface area contributed by atoms with Gasteiger partial charge in [-0.2, -0.15) is 0 Å². The van der Waals surface area contributed by atoms with Gasteiger partial charge in [-0.1, -0.05) is 24.3 Å². The van der Waals surface area contributed by atoms with Gasteiger partial charge in [0.1, 0.15) is 0 Å². The van der Waals surface area contributed by atoms with Gasteiger partial charge in [0.2, 0.25) is 10.0 Å². The van der Waals surface area contributed by atoms with E-state index in [-0.39, 0.29) is 12.4 Å². The van der Waals surface area contributed by atoms with E-state index in [2.05, 4.69) is 4.72 Å². The van der Waals surface area contributed by atoms with E-state index >= 15 is 0 Å². The van der Waals surface area contributed by atoms with Crippen molar-refractivity contribution in [3.63, 3.8) is 0 Å². The number of hydrogen-bond acceptors (Lipinski definition) is 3. The molecule has 0 aliphatic carbocycles. The summed E-state index contributed by atoms with van der Waals surface area (Å²) in [6, 6.07) is 7.14. The van der Waals surface area contributed by atoms with Crippen LogP contribution >= 0.6 is 0 Å². The molecule has 1 aromatic rings. The zero-order valence-corrected chi connectivity index (χ0v) is 9.42. The highest BCUT2D eigenvalue weighted by molar-refractivity contribution is 7.89. The Labute approximate surface area is 90.0 Å². The first kappa shape index (κ1) is 12.2. The van der Waals surface area contributed by atoms with E-state index in [1.807, 2.05) is 0 Å². The van der Waals surface area contributed by atoms with Gasteiger partial charge in [0.15, 0.2) is 0 Å². The largest absolute Gasteiger partial charge is 0.392 e. The summed E-state index contributed by atoms with van der Waals surface area (Å²) in [5.74, 6) is 0.0850. The molecule has 0 heterocycles. The highest BCUT2D eigenvalue weighted by Gasteiger charge is 2.05. The van der Waals surface area contributed by atoms with Gasteiger partial charge in [0.05, 0.1) is 12.4 Å². The van der Waals surface area contributed by atoms with Crippen LogP contribution in [0.4, 0.5) is 0 Å². The van der Waals surface area contributed by atoms with E-state index < -0.39 is 10.0 Å². The van der Waals surface area contributed by atoms with Crippen LogP contribution in [-0.4, -0.2) is 19.3 Å². The van der Waals surface area contributed by atoms with Crippen LogP contribution in [-0.2, 0) is 23.2 Å². The van der Waals surface area contributed by atoms with Crippen molar-refractivity contribution >= 4 is 10.0 Å². The third-order valence-corrected chi connectivity index (χ3v) is 3.43. The van der Waals surface area contributed by atoms with Crippen molar-refractivity contribution in [2.75, 3.05) is 5.75 Å². The van der Waals surface area contributed by atoms with E-state index in [1.54, 1.807) is 31.2 Å². The number of sulfonamides is 1. The fourth-order valence-electron chi connectivity index (χ4n) is 1.06. The quantitative estimate of drug-likeness (QED) is 0.777. The molecule has 0 atom stereocenters. The van der Waals surface area contributed by atoms with Crippen LogP contribution in [0.1, 0.15) is 18.1 Å². The summed E-state index contributed by atoms with van der Waals surface area (Å²) >= 11 is 0. The summed E-state index contributed by atoms with van der Waals surface area (Å²) in [5.41, 5.74) is 1.70. The van der Waals surface area contributed by atoms with Gasteiger partial charge in [-0.25, -0.2) is 13.1 Å². The van der Waals surface area contributed by atoms with Gasteiger partial charge in [0.25, 0.3) is 0 Å². The zero-order valence-electron chi connectivity index (χ0n) is 8.60. The second kappa shape index (κ2) is 5.25. The Kier molecular flexibility index (Phi) is 4.26. The van der Waals surface area contributed by atoms with Gasteiger partial charge in [0, 0.05) is 6.54 Å². The number of nitrogens with one attached hydrogen (secondary N) is 1. The first-order valence-corrected chi connectivity index (χ1v) is 6.38. The smallest absolute Gasteiger partial charge is 0.211 e. The van der Waals surface area contributed by atoms with Crippen LogP contribution in [0.25, 0.3) is 0 Å². The van der Waals surface area contributed by atoms with Crippen molar-refractivity contribution in [3.8, 4) is 0 Å². The Balaban J connectivity index is 2.59. The molecule has 0 aliphatic rings. The summed E-state index contributed by atoms with van der Waals surface area (Å²) in [4.78, 5) is 0. The molecule has 0 bridgehead atoms. The van der Waals surface area contributed by atoms with Crippen LogP contribution in [0.2, 0.25) is 0 Å². The van der Waals surface area contributed by atoms with Crippen molar-refractivity contribution in [1.29, 1.82) is 0 Å². The van der Waals surface area contributed by atoms with Crippen molar-refractivity contribution in [1.82, 2.24) is 4.72 Å².